The minimum atomic E-state index is -0.464. The summed E-state index contributed by atoms with van der Waals surface area (Å²) < 4.78 is 16.1. The summed E-state index contributed by atoms with van der Waals surface area (Å²) in [6, 6.07) is 14.0. The quantitative estimate of drug-likeness (QED) is 0.521. The number of hydrogen-bond donors (Lipinski definition) is 2. The minimum Gasteiger partial charge on any atom is -0.491 e. The van der Waals surface area contributed by atoms with Gasteiger partial charge in [-0.15, -0.1) is 0 Å². The highest BCUT2D eigenvalue weighted by molar-refractivity contribution is 5.95. The van der Waals surface area contributed by atoms with Gasteiger partial charge in [-0.05, 0) is 49.7 Å². The fraction of sp³-hybridized carbons (Fsp3) is 0.300. The predicted molar refractivity (Wildman–Crippen MR) is 101 cm³/mol. The SMILES string of the molecule is CCOCCOc1cccc(C(=O)NNC(=O)COc2cccc(C)c2)c1. The van der Waals surface area contributed by atoms with Crippen molar-refractivity contribution < 1.29 is 23.8 Å². The molecule has 7 nitrogen and oxygen atoms in total. The maximum Gasteiger partial charge on any atom is 0.276 e. The molecule has 0 bridgehead atoms. The second-order valence-electron chi connectivity index (χ2n) is 5.68. The molecule has 0 heterocycles. The van der Waals surface area contributed by atoms with E-state index in [0.29, 0.717) is 36.9 Å². The van der Waals surface area contributed by atoms with Crippen molar-refractivity contribution in [2.75, 3.05) is 26.4 Å². The third-order valence-electron chi connectivity index (χ3n) is 3.47. The molecule has 2 aromatic rings. The molecule has 0 aliphatic carbocycles. The van der Waals surface area contributed by atoms with Crippen LogP contribution in [0.4, 0.5) is 0 Å². The highest BCUT2D eigenvalue weighted by Gasteiger charge is 2.09. The number of hydrogen-bond acceptors (Lipinski definition) is 5. The summed E-state index contributed by atoms with van der Waals surface area (Å²) in [4.78, 5) is 24.0. The molecular formula is C20H24N2O5. The Bertz CT molecular complexity index is 764. The molecule has 0 fully saturated rings. The fourth-order valence-electron chi connectivity index (χ4n) is 2.18. The molecule has 0 unspecified atom stereocenters. The van der Waals surface area contributed by atoms with Crippen LogP contribution in [-0.4, -0.2) is 38.2 Å². The number of ether oxygens (including phenoxy) is 3. The molecule has 0 aromatic heterocycles. The number of amides is 2. The first-order chi connectivity index (χ1) is 13.1. The molecule has 27 heavy (non-hydrogen) atoms. The molecule has 2 aromatic carbocycles. The Labute approximate surface area is 158 Å². The van der Waals surface area contributed by atoms with E-state index in [-0.39, 0.29) is 6.61 Å². The zero-order valence-corrected chi connectivity index (χ0v) is 15.5. The number of carbonyl (C=O) groups is 2. The van der Waals surface area contributed by atoms with Gasteiger partial charge in [-0.25, -0.2) is 0 Å². The van der Waals surface area contributed by atoms with Gasteiger partial charge < -0.3 is 14.2 Å². The van der Waals surface area contributed by atoms with Crippen molar-refractivity contribution in [3.63, 3.8) is 0 Å². The monoisotopic (exact) mass is 372 g/mol. The molecule has 0 radical (unpaired) electrons. The van der Waals surface area contributed by atoms with Crippen LogP contribution in [0.3, 0.4) is 0 Å². The highest BCUT2D eigenvalue weighted by atomic mass is 16.5. The van der Waals surface area contributed by atoms with Crippen LogP contribution >= 0.6 is 0 Å². The van der Waals surface area contributed by atoms with Crippen molar-refractivity contribution in [3.05, 3.63) is 59.7 Å². The second-order valence-corrected chi connectivity index (χ2v) is 5.68. The van der Waals surface area contributed by atoms with Crippen LogP contribution in [0.5, 0.6) is 11.5 Å². The van der Waals surface area contributed by atoms with Gasteiger partial charge in [0.05, 0.1) is 6.61 Å². The van der Waals surface area contributed by atoms with Crippen LogP contribution in [0.15, 0.2) is 48.5 Å². The van der Waals surface area contributed by atoms with Crippen molar-refractivity contribution in [1.82, 2.24) is 10.9 Å². The van der Waals surface area contributed by atoms with Gasteiger partial charge in [-0.2, -0.15) is 0 Å². The van der Waals surface area contributed by atoms with Gasteiger partial charge in [0, 0.05) is 12.2 Å². The van der Waals surface area contributed by atoms with E-state index >= 15 is 0 Å². The Morgan fingerprint density at radius 1 is 0.926 bits per heavy atom. The minimum absolute atomic E-state index is 0.204. The van der Waals surface area contributed by atoms with Gasteiger partial charge >= 0.3 is 0 Å². The summed E-state index contributed by atoms with van der Waals surface area (Å²) in [5, 5.41) is 0. The Morgan fingerprint density at radius 3 is 2.41 bits per heavy atom. The lowest BCUT2D eigenvalue weighted by Gasteiger charge is -2.10. The zero-order chi connectivity index (χ0) is 19.5. The molecule has 7 heteroatoms. The lowest BCUT2D eigenvalue weighted by Crippen LogP contribution is -2.43. The summed E-state index contributed by atoms with van der Waals surface area (Å²) in [6.45, 7) is 5.13. The van der Waals surface area contributed by atoms with Gasteiger partial charge in [0.15, 0.2) is 6.61 Å². The largest absolute Gasteiger partial charge is 0.491 e. The van der Waals surface area contributed by atoms with Gasteiger partial charge in [0.2, 0.25) is 0 Å². The van der Waals surface area contributed by atoms with E-state index in [9.17, 15) is 9.59 Å². The van der Waals surface area contributed by atoms with Crippen molar-refractivity contribution in [3.8, 4) is 11.5 Å². The fourth-order valence-corrected chi connectivity index (χ4v) is 2.18. The normalized spacial score (nSPS) is 10.1. The predicted octanol–water partition coefficient (Wildman–Crippen LogP) is 2.25. The molecule has 2 amide bonds. The molecule has 0 saturated heterocycles. The van der Waals surface area contributed by atoms with E-state index in [1.165, 1.54) is 0 Å². The van der Waals surface area contributed by atoms with Crippen LogP contribution in [0.2, 0.25) is 0 Å². The molecule has 2 N–H and O–H groups in total. The van der Waals surface area contributed by atoms with Crippen LogP contribution in [-0.2, 0) is 9.53 Å². The molecule has 2 rings (SSSR count). The Balaban J connectivity index is 1.76. The Morgan fingerprint density at radius 2 is 1.67 bits per heavy atom. The first-order valence-electron chi connectivity index (χ1n) is 8.67. The molecule has 0 aliphatic rings. The summed E-state index contributed by atoms with van der Waals surface area (Å²) in [5.74, 6) is 0.230. The van der Waals surface area contributed by atoms with Crippen molar-refractivity contribution >= 4 is 11.8 Å². The molecule has 144 valence electrons. The van der Waals surface area contributed by atoms with E-state index in [2.05, 4.69) is 10.9 Å². The molecule has 0 aliphatic heterocycles. The van der Waals surface area contributed by atoms with Gasteiger partial charge in [0.25, 0.3) is 11.8 Å². The standard InChI is InChI=1S/C20H24N2O5/c1-3-25-10-11-26-18-9-5-7-16(13-18)20(24)22-21-19(23)14-27-17-8-4-6-15(2)12-17/h4-9,12-13H,3,10-11,14H2,1-2H3,(H,21,23)(H,22,24). The maximum absolute atomic E-state index is 12.1. The maximum atomic E-state index is 12.1. The first kappa shape index (κ1) is 20.3. The summed E-state index contributed by atoms with van der Waals surface area (Å²) >= 11 is 0. The van der Waals surface area contributed by atoms with E-state index in [1.807, 2.05) is 32.0 Å². The number of benzene rings is 2. The average molecular weight is 372 g/mol. The van der Waals surface area contributed by atoms with Gasteiger partial charge in [-0.1, -0.05) is 18.2 Å². The van der Waals surface area contributed by atoms with Crippen LogP contribution in [0.25, 0.3) is 0 Å². The second kappa shape index (κ2) is 10.8. The molecule has 0 atom stereocenters. The van der Waals surface area contributed by atoms with Crippen molar-refractivity contribution in [2.45, 2.75) is 13.8 Å². The van der Waals surface area contributed by atoms with Crippen LogP contribution in [0, 0.1) is 6.92 Å². The third kappa shape index (κ3) is 7.37. The van der Waals surface area contributed by atoms with Gasteiger partial charge in [-0.3, -0.25) is 20.4 Å². The first-order valence-corrected chi connectivity index (χ1v) is 8.67. The van der Waals surface area contributed by atoms with E-state index in [0.717, 1.165) is 5.56 Å². The average Bonchev–Trinajstić information content (AvgIpc) is 2.68. The molecule has 0 spiro atoms. The van der Waals surface area contributed by atoms with E-state index in [1.54, 1.807) is 30.3 Å². The van der Waals surface area contributed by atoms with E-state index in [4.69, 9.17) is 14.2 Å². The Hall–Kier alpha value is -3.06. The number of nitrogens with one attached hydrogen (secondary N) is 2. The van der Waals surface area contributed by atoms with Crippen LogP contribution < -0.4 is 20.3 Å². The summed E-state index contributed by atoms with van der Waals surface area (Å²) in [6.07, 6.45) is 0. The zero-order valence-electron chi connectivity index (χ0n) is 15.5. The van der Waals surface area contributed by atoms with Gasteiger partial charge in [0.1, 0.15) is 18.1 Å². The third-order valence-corrected chi connectivity index (χ3v) is 3.47. The lowest BCUT2D eigenvalue weighted by atomic mass is 10.2. The Kier molecular flexibility index (Phi) is 8.12. The summed E-state index contributed by atoms with van der Waals surface area (Å²) in [5.41, 5.74) is 6.07. The summed E-state index contributed by atoms with van der Waals surface area (Å²) in [7, 11) is 0. The smallest absolute Gasteiger partial charge is 0.276 e. The number of rotatable bonds is 9. The lowest BCUT2D eigenvalue weighted by molar-refractivity contribution is -0.123. The highest BCUT2D eigenvalue weighted by Crippen LogP contribution is 2.13. The topological polar surface area (TPSA) is 85.9 Å². The number of hydrazine groups is 1. The van der Waals surface area contributed by atoms with Crippen LogP contribution in [0.1, 0.15) is 22.8 Å². The number of aryl methyl sites for hydroxylation is 1. The van der Waals surface area contributed by atoms with Crippen molar-refractivity contribution in [1.29, 1.82) is 0 Å². The molecule has 0 saturated carbocycles. The number of carbonyl (C=O) groups excluding carboxylic acids is 2. The van der Waals surface area contributed by atoms with E-state index < -0.39 is 11.8 Å². The van der Waals surface area contributed by atoms with Crippen molar-refractivity contribution in [2.24, 2.45) is 0 Å². The molecular weight excluding hydrogens is 348 g/mol.